The lowest BCUT2D eigenvalue weighted by Crippen LogP contribution is -2.13. The minimum atomic E-state index is -0.707. The number of carbonyl (C=O) groups is 1. The van der Waals surface area contributed by atoms with Crippen molar-refractivity contribution >= 4 is 11.5 Å². The molecule has 0 aliphatic heterocycles. The predicted octanol–water partition coefficient (Wildman–Crippen LogP) is 8.51. The van der Waals surface area contributed by atoms with Crippen molar-refractivity contribution in [2.75, 3.05) is 0 Å². The highest BCUT2D eigenvalue weighted by Gasteiger charge is 2.76. The summed E-state index contributed by atoms with van der Waals surface area (Å²) in [6.45, 7) is 11.0. The van der Waals surface area contributed by atoms with Gasteiger partial charge in [0.15, 0.2) is 0 Å². The highest BCUT2D eigenvalue weighted by Crippen LogP contribution is 2.74. The predicted molar refractivity (Wildman–Crippen MR) is 153 cm³/mol. The Morgan fingerprint density at radius 1 is 0.974 bits per heavy atom. The Morgan fingerprint density at radius 3 is 2.46 bits per heavy atom. The number of halogens is 1. The van der Waals surface area contributed by atoms with E-state index in [-0.39, 0.29) is 28.0 Å². The summed E-state index contributed by atoms with van der Waals surface area (Å²) >= 11 is 0. The third kappa shape index (κ3) is 3.94. The second-order valence-electron chi connectivity index (χ2n) is 13.0. The Bertz CT molecular complexity index is 1530. The zero-order valence-electron chi connectivity index (χ0n) is 23.5. The van der Waals surface area contributed by atoms with Crippen LogP contribution in [0.5, 0.6) is 5.75 Å². The minimum Gasteiger partial charge on any atom is -0.489 e. The number of benzene rings is 3. The van der Waals surface area contributed by atoms with Gasteiger partial charge in [-0.2, -0.15) is 0 Å². The standard InChI is InChI=1S/C35H37FO3/c1-21-8-13-30(36)27(17-21)25-12-9-22(18-26(25)28-7-6-15-33(28,2)3)20-39-24-11-10-23-14-16-35(29(23)19-24)31(32(37)38)34(35,4)5/h7-13,17-19,31H,6,14-16,20H2,1-5H3,(H,37,38)/t31-,35-/m0/s1. The van der Waals surface area contributed by atoms with Gasteiger partial charge in [-0.15, -0.1) is 0 Å². The summed E-state index contributed by atoms with van der Waals surface area (Å²) in [5.41, 5.74) is 7.75. The van der Waals surface area contributed by atoms with Gasteiger partial charge in [-0.05, 0) is 107 Å². The van der Waals surface area contributed by atoms with Crippen LogP contribution in [-0.2, 0) is 23.2 Å². The molecule has 3 aromatic carbocycles. The van der Waals surface area contributed by atoms with Gasteiger partial charge in [-0.3, -0.25) is 4.79 Å². The third-order valence-corrected chi connectivity index (χ3v) is 9.92. The average Bonchev–Trinajstić information content (AvgIpc) is 3.13. The van der Waals surface area contributed by atoms with Crippen LogP contribution in [0.1, 0.15) is 74.8 Å². The molecular formula is C35H37FO3. The lowest BCUT2D eigenvalue weighted by molar-refractivity contribution is -0.139. The molecule has 3 aromatic rings. The minimum absolute atomic E-state index is 0.0145. The number of aryl methyl sites for hydroxylation is 2. The summed E-state index contributed by atoms with van der Waals surface area (Å²) in [6.07, 6.45) is 6.18. The number of hydrogen-bond acceptors (Lipinski definition) is 2. The summed E-state index contributed by atoms with van der Waals surface area (Å²) in [5.74, 6) is -0.516. The summed E-state index contributed by atoms with van der Waals surface area (Å²) in [6, 6.07) is 17.7. The molecule has 202 valence electrons. The van der Waals surface area contributed by atoms with Crippen LogP contribution >= 0.6 is 0 Å². The van der Waals surface area contributed by atoms with Crippen LogP contribution < -0.4 is 4.74 Å². The third-order valence-electron chi connectivity index (χ3n) is 9.92. The second-order valence-corrected chi connectivity index (χ2v) is 13.0. The summed E-state index contributed by atoms with van der Waals surface area (Å²) in [7, 11) is 0. The van der Waals surface area contributed by atoms with Crippen molar-refractivity contribution in [2.24, 2.45) is 16.7 Å². The molecule has 1 spiro atoms. The van der Waals surface area contributed by atoms with Crippen LogP contribution in [0.2, 0.25) is 0 Å². The molecule has 1 saturated carbocycles. The van der Waals surface area contributed by atoms with Crippen molar-refractivity contribution in [1.29, 1.82) is 0 Å². The van der Waals surface area contributed by atoms with Gasteiger partial charge in [0.05, 0.1) is 5.92 Å². The van der Waals surface area contributed by atoms with E-state index in [1.807, 2.05) is 37.3 Å². The molecule has 0 saturated heterocycles. The Kier molecular flexibility index (Phi) is 5.84. The summed E-state index contributed by atoms with van der Waals surface area (Å²) in [4.78, 5) is 12.0. The Morgan fingerprint density at radius 2 is 1.77 bits per heavy atom. The number of carboxylic acids is 1. The van der Waals surface area contributed by atoms with Crippen molar-refractivity contribution in [3.8, 4) is 16.9 Å². The largest absolute Gasteiger partial charge is 0.489 e. The zero-order chi connectivity index (χ0) is 27.7. The van der Waals surface area contributed by atoms with Crippen LogP contribution in [0.25, 0.3) is 16.7 Å². The number of carboxylic acid groups (broad SMARTS) is 1. The van der Waals surface area contributed by atoms with E-state index in [1.54, 1.807) is 6.07 Å². The Labute approximate surface area is 230 Å². The lowest BCUT2D eigenvalue weighted by Gasteiger charge is -2.25. The lowest BCUT2D eigenvalue weighted by atomic mass is 9.79. The van der Waals surface area contributed by atoms with Gasteiger partial charge in [0.25, 0.3) is 0 Å². The van der Waals surface area contributed by atoms with E-state index in [0.29, 0.717) is 12.2 Å². The van der Waals surface area contributed by atoms with E-state index < -0.39 is 5.97 Å². The maximum atomic E-state index is 15.0. The molecule has 1 fully saturated rings. The average molecular weight is 525 g/mol. The fourth-order valence-electron chi connectivity index (χ4n) is 7.70. The summed E-state index contributed by atoms with van der Waals surface area (Å²) in [5, 5.41) is 9.89. The van der Waals surface area contributed by atoms with Gasteiger partial charge >= 0.3 is 5.97 Å². The van der Waals surface area contributed by atoms with E-state index in [0.717, 1.165) is 59.3 Å². The molecule has 4 heteroatoms. The smallest absolute Gasteiger partial charge is 0.308 e. The second kappa shape index (κ2) is 8.81. The van der Waals surface area contributed by atoms with E-state index in [2.05, 4.69) is 52.0 Å². The number of fused-ring (bicyclic) bond motifs is 2. The van der Waals surface area contributed by atoms with Gasteiger partial charge in [-0.1, -0.05) is 63.6 Å². The first-order chi connectivity index (χ1) is 18.5. The summed E-state index contributed by atoms with van der Waals surface area (Å²) < 4.78 is 21.3. The maximum Gasteiger partial charge on any atom is 0.308 e. The molecule has 0 unspecified atom stereocenters. The van der Waals surface area contributed by atoms with Gasteiger partial charge in [0.2, 0.25) is 0 Å². The topological polar surface area (TPSA) is 46.5 Å². The van der Waals surface area contributed by atoms with Crippen LogP contribution in [0.3, 0.4) is 0 Å². The van der Waals surface area contributed by atoms with E-state index in [4.69, 9.17) is 4.74 Å². The fraction of sp³-hybridized carbons (Fsp3) is 0.400. The van der Waals surface area contributed by atoms with Crippen molar-refractivity contribution in [1.82, 2.24) is 0 Å². The molecule has 6 rings (SSSR count). The van der Waals surface area contributed by atoms with E-state index in [1.165, 1.54) is 11.1 Å². The van der Waals surface area contributed by atoms with Crippen molar-refractivity contribution in [2.45, 2.75) is 72.3 Å². The molecule has 1 N–H and O–H groups in total. The van der Waals surface area contributed by atoms with Crippen LogP contribution in [0, 0.1) is 29.5 Å². The number of ether oxygens (including phenoxy) is 1. The SMILES string of the molecule is Cc1ccc(F)c(-c2ccc(COc3ccc4c(c3)[C@@]3(CC4)[C@@H](C(=O)O)C3(C)C)cc2C2=CCCC2(C)C)c1. The van der Waals surface area contributed by atoms with Crippen molar-refractivity contribution in [3.05, 3.63) is 94.3 Å². The van der Waals surface area contributed by atoms with Crippen LogP contribution in [-0.4, -0.2) is 11.1 Å². The maximum absolute atomic E-state index is 15.0. The highest BCUT2D eigenvalue weighted by atomic mass is 19.1. The quantitative estimate of drug-likeness (QED) is 0.352. The zero-order valence-corrected chi connectivity index (χ0v) is 23.5. The first-order valence-corrected chi connectivity index (χ1v) is 14.1. The molecule has 0 bridgehead atoms. The normalized spacial score (nSPS) is 23.9. The Balaban J connectivity index is 1.32. The van der Waals surface area contributed by atoms with Gasteiger partial charge < -0.3 is 9.84 Å². The Hall–Kier alpha value is -3.40. The molecule has 3 aliphatic rings. The monoisotopic (exact) mass is 524 g/mol. The molecular weight excluding hydrogens is 487 g/mol. The molecule has 39 heavy (non-hydrogen) atoms. The van der Waals surface area contributed by atoms with Gasteiger partial charge in [0.1, 0.15) is 18.2 Å². The number of aliphatic carboxylic acids is 1. The van der Waals surface area contributed by atoms with Crippen LogP contribution in [0.15, 0.2) is 60.7 Å². The number of hydrogen-bond donors (Lipinski definition) is 1. The molecule has 0 aromatic heterocycles. The first-order valence-electron chi connectivity index (χ1n) is 14.1. The highest BCUT2D eigenvalue weighted by molar-refractivity contribution is 5.85. The molecule has 0 amide bonds. The van der Waals surface area contributed by atoms with E-state index in [9.17, 15) is 9.90 Å². The van der Waals surface area contributed by atoms with Gasteiger partial charge in [0, 0.05) is 11.0 Å². The fourth-order valence-corrected chi connectivity index (χ4v) is 7.70. The molecule has 0 heterocycles. The first kappa shape index (κ1) is 25.9. The van der Waals surface area contributed by atoms with Crippen LogP contribution in [0.4, 0.5) is 4.39 Å². The van der Waals surface area contributed by atoms with E-state index >= 15 is 4.39 Å². The number of rotatable bonds is 6. The van der Waals surface area contributed by atoms with Gasteiger partial charge in [-0.25, -0.2) is 4.39 Å². The van der Waals surface area contributed by atoms with Crippen molar-refractivity contribution in [3.63, 3.8) is 0 Å². The number of allylic oxidation sites excluding steroid dienone is 2. The molecule has 3 aliphatic carbocycles. The van der Waals surface area contributed by atoms with Crippen molar-refractivity contribution < 1.29 is 19.0 Å². The molecule has 2 atom stereocenters. The molecule has 3 nitrogen and oxygen atoms in total. The molecule has 0 radical (unpaired) electrons.